The summed E-state index contributed by atoms with van der Waals surface area (Å²) in [6, 6.07) is 9.19. The molecule has 0 aliphatic heterocycles. The van der Waals surface area contributed by atoms with Crippen LogP contribution in [0.25, 0.3) is 10.9 Å². The average molecular weight is 200 g/mol. The van der Waals surface area contributed by atoms with Gasteiger partial charge in [-0.3, -0.25) is 0 Å². The largest absolute Gasteiger partial charge is 0.357 e. The molecule has 1 heterocycles. The Hall–Kier alpha value is -1.28. The van der Waals surface area contributed by atoms with Crippen molar-refractivity contribution in [3.05, 3.63) is 35.5 Å². The van der Waals surface area contributed by atoms with Gasteiger partial charge in [0.1, 0.15) is 0 Å². The van der Waals surface area contributed by atoms with E-state index in [0.29, 0.717) is 6.04 Å². The van der Waals surface area contributed by atoms with E-state index in [0.717, 1.165) is 0 Å². The van der Waals surface area contributed by atoms with Crippen molar-refractivity contribution in [2.24, 2.45) is 0 Å². The highest BCUT2D eigenvalue weighted by atomic mass is 15.1. The molecular weight excluding hydrogens is 184 g/mol. The van der Waals surface area contributed by atoms with Crippen LogP contribution < -0.4 is 0 Å². The minimum atomic E-state index is 0.576. The second-order valence-electron chi connectivity index (χ2n) is 4.58. The molecule has 1 aliphatic rings. The molecule has 0 saturated heterocycles. The number of fused-ring (bicyclic) bond motifs is 3. The lowest BCUT2D eigenvalue weighted by atomic mass is 10.1. The van der Waals surface area contributed by atoms with E-state index in [2.05, 4.69) is 48.2 Å². The highest BCUT2D eigenvalue weighted by Gasteiger charge is 2.27. The van der Waals surface area contributed by atoms with Gasteiger partial charge in [-0.05, 0) is 38.6 Å². The second-order valence-corrected chi connectivity index (χ2v) is 4.58. The molecule has 15 heavy (non-hydrogen) atoms. The van der Waals surface area contributed by atoms with E-state index in [-0.39, 0.29) is 0 Å². The van der Waals surface area contributed by atoms with E-state index in [4.69, 9.17) is 0 Å². The summed E-state index contributed by atoms with van der Waals surface area (Å²) in [5.41, 5.74) is 4.25. The minimum Gasteiger partial charge on any atom is -0.357 e. The molecule has 0 bridgehead atoms. The third-order valence-electron chi connectivity index (χ3n) is 3.47. The number of para-hydroxylation sites is 1. The standard InChI is InChI=1S/C13H16N2/c1-15(2)12-8-7-10-9-5-3-4-6-11(9)14-13(10)12/h3-6,12,14H,7-8H2,1-2H3. The molecule has 1 unspecified atom stereocenters. The number of hydrogen-bond acceptors (Lipinski definition) is 1. The van der Waals surface area contributed by atoms with E-state index >= 15 is 0 Å². The molecule has 2 heteroatoms. The quantitative estimate of drug-likeness (QED) is 0.750. The van der Waals surface area contributed by atoms with Crippen molar-refractivity contribution in [1.82, 2.24) is 9.88 Å². The van der Waals surface area contributed by atoms with Crippen LogP contribution in [0.3, 0.4) is 0 Å². The van der Waals surface area contributed by atoms with Gasteiger partial charge in [-0.1, -0.05) is 18.2 Å². The van der Waals surface area contributed by atoms with E-state index in [1.807, 2.05) is 0 Å². The fourth-order valence-corrected chi connectivity index (χ4v) is 2.72. The van der Waals surface area contributed by atoms with Gasteiger partial charge in [0.05, 0.1) is 0 Å². The van der Waals surface area contributed by atoms with Gasteiger partial charge in [-0.2, -0.15) is 0 Å². The van der Waals surface area contributed by atoms with Gasteiger partial charge in [-0.15, -0.1) is 0 Å². The topological polar surface area (TPSA) is 19.0 Å². The number of aryl methyl sites for hydroxylation is 1. The average Bonchev–Trinajstić information content (AvgIpc) is 2.74. The highest BCUT2D eigenvalue weighted by molar-refractivity contribution is 5.85. The molecule has 0 spiro atoms. The Morgan fingerprint density at radius 3 is 2.87 bits per heavy atom. The summed E-state index contributed by atoms with van der Waals surface area (Å²) in [4.78, 5) is 5.87. The van der Waals surface area contributed by atoms with Crippen molar-refractivity contribution < 1.29 is 0 Å². The fourth-order valence-electron chi connectivity index (χ4n) is 2.72. The summed E-state index contributed by atoms with van der Waals surface area (Å²) < 4.78 is 0. The normalized spacial score (nSPS) is 20.1. The van der Waals surface area contributed by atoms with Crippen molar-refractivity contribution in [2.75, 3.05) is 14.1 Å². The number of aromatic amines is 1. The number of nitrogens with one attached hydrogen (secondary N) is 1. The zero-order chi connectivity index (χ0) is 10.4. The maximum atomic E-state index is 3.57. The first-order valence-corrected chi connectivity index (χ1v) is 5.53. The van der Waals surface area contributed by atoms with Crippen LogP contribution in [0.4, 0.5) is 0 Å². The maximum Gasteiger partial charge on any atom is 0.0499 e. The SMILES string of the molecule is CN(C)C1CCc2c1[nH]c1ccccc21. The zero-order valence-corrected chi connectivity index (χ0v) is 9.25. The molecule has 0 fully saturated rings. The third kappa shape index (κ3) is 1.21. The molecule has 1 aliphatic carbocycles. The van der Waals surface area contributed by atoms with Crippen molar-refractivity contribution >= 4 is 10.9 Å². The molecule has 78 valence electrons. The lowest BCUT2D eigenvalue weighted by molar-refractivity contribution is 0.294. The lowest BCUT2D eigenvalue weighted by Gasteiger charge is -2.18. The number of rotatable bonds is 1. The Morgan fingerprint density at radius 1 is 1.27 bits per heavy atom. The van der Waals surface area contributed by atoms with Crippen molar-refractivity contribution in [3.8, 4) is 0 Å². The first kappa shape index (κ1) is 8.98. The molecule has 0 saturated carbocycles. The molecule has 0 amide bonds. The Morgan fingerprint density at radius 2 is 2.07 bits per heavy atom. The van der Waals surface area contributed by atoms with Gasteiger partial charge in [0.2, 0.25) is 0 Å². The number of benzene rings is 1. The van der Waals surface area contributed by atoms with Crippen LogP contribution in [-0.2, 0) is 6.42 Å². The summed E-state index contributed by atoms with van der Waals surface area (Å²) in [6.45, 7) is 0. The molecule has 1 atom stereocenters. The Bertz CT molecular complexity index is 496. The maximum absolute atomic E-state index is 3.57. The van der Waals surface area contributed by atoms with Crippen LogP contribution in [0.2, 0.25) is 0 Å². The minimum absolute atomic E-state index is 0.576. The summed E-state index contributed by atoms with van der Waals surface area (Å²) >= 11 is 0. The molecule has 2 nitrogen and oxygen atoms in total. The van der Waals surface area contributed by atoms with Gasteiger partial charge in [-0.25, -0.2) is 0 Å². The van der Waals surface area contributed by atoms with E-state index in [1.165, 1.54) is 35.0 Å². The first-order valence-electron chi connectivity index (χ1n) is 5.53. The van der Waals surface area contributed by atoms with E-state index < -0.39 is 0 Å². The van der Waals surface area contributed by atoms with E-state index in [9.17, 15) is 0 Å². The van der Waals surface area contributed by atoms with Gasteiger partial charge < -0.3 is 9.88 Å². The Kier molecular flexibility index (Phi) is 1.86. The first-order chi connectivity index (χ1) is 7.27. The fraction of sp³-hybridized carbons (Fsp3) is 0.385. The van der Waals surface area contributed by atoms with E-state index in [1.54, 1.807) is 0 Å². The predicted octanol–water partition coefficient (Wildman–Crippen LogP) is 2.72. The summed E-state index contributed by atoms with van der Waals surface area (Å²) in [6.07, 6.45) is 2.46. The predicted molar refractivity (Wildman–Crippen MR) is 63.0 cm³/mol. The smallest absolute Gasteiger partial charge is 0.0499 e. The van der Waals surface area contributed by atoms with Gasteiger partial charge in [0.15, 0.2) is 0 Å². The number of aromatic nitrogens is 1. The van der Waals surface area contributed by atoms with Gasteiger partial charge >= 0.3 is 0 Å². The summed E-state index contributed by atoms with van der Waals surface area (Å²) in [7, 11) is 4.32. The van der Waals surface area contributed by atoms with Crippen LogP contribution in [0.5, 0.6) is 0 Å². The van der Waals surface area contributed by atoms with Crippen molar-refractivity contribution in [2.45, 2.75) is 18.9 Å². The molecular formula is C13H16N2. The van der Waals surface area contributed by atoms with Gasteiger partial charge in [0.25, 0.3) is 0 Å². The molecule has 1 N–H and O–H groups in total. The molecule has 2 aromatic rings. The van der Waals surface area contributed by atoms with Crippen molar-refractivity contribution in [3.63, 3.8) is 0 Å². The molecule has 0 radical (unpaired) electrons. The van der Waals surface area contributed by atoms with Crippen LogP contribution in [0.15, 0.2) is 24.3 Å². The molecule has 3 rings (SSSR count). The molecule has 1 aromatic heterocycles. The molecule has 1 aromatic carbocycles. The zero-order valence-electron chi connectivity index (χ0n) is 9.25. The van der Waals surface area contributed by atoms with Gasteiger partial charge in [0, 0.05) is 22.6 Å². The Balaban J connectivity index is 2.21. The van der Waals surface area contributed by atoms with Crippen LogP contribution in [0, 0.1) is 0 Å². The Labute approximate surface area is 89.9 Å². The highest BCUT2D eigenvalue weighted by Crippen LogP contribution is 2.38. The lowest BCUT2D eigenvalue weighted by Crippen LogP contribution is -2.17. The number of H-pyrrole nitrogens is 1. The number of nitrogens with zero attached hydrogens (tertiary/aromatic N) is 1. The van der Waals surface area contributed by atoms with Crippen LogP contribution in [-0.4, -0.2) is 24.0 Å². The second kappa shape index (κ2) is 3.11. The van der Waals surface area contributed by atoms with Crippen LogP contribution >= 0.6 is 0 Å². The van der Waals surface area contributed by atoms with Crippen molar-refractivity contribution in [1.29, 1.82) is 0 Å². The summed E-state index contributed by atoms with van der Waals surface area (Å²) in [5, 5.41) is 1.41. The van der Waals surface area contributed by atoms with Crippen LogP contribution in [0.1, 0.15) is 23.7 Å². The third-order valence-corrected chi connectivity index (χ3v) is 3.47. The monoisotopic (exact) mass is 200 g/mol. The summed E-state index contributed by atoms with van der Waals surface area (Å²) in [5.74, 6) is 0. The number of hydrogen-bond donors (Lipinski definition) is 1.